The number of amides is 1. The van der Waals surface area contributed by atoms with Gasteiger partial charge < -0.3 is 10.6 Å². The average Bonchev–Trinajstić information content (AvgIpc) is 2.46. The van der Waals surface area contributed by atoms with Crippen molar-refractivity contribution in [1.29, 1.82) is 0 Å². The highest BCUT2D eigenvalue weighted by Gasteiger charge is 2.18. The van der Waals surface area contributed by atoms with E-state index in [-0.39, 0.29) is 11.5 Å². The predicted molar refractivity (Wildman–Crippen MR) is 82.4 cm³/mol. The lowest BCUT2D eigenvalue weighted by Crippen LogP contribution is -2.31. The number of nitrogens with two attached hydrogens (primary N) is 1. The van der Waals surface area contributed by atoms with Crippen LogP contribution >= 0.6 is 0 Å². The Hall–Kier alpha value is -2.36. The standard InChI is InChI=1S/C17H19FN2O/c1-3-20(11-13-7-5-4-6-12(13)2)17(21)15-9-8-14(19)10-16(15)18/h4-10H,3,11,19H2,1-2H3. The van der Waals surface area contributed by atoms with Crippen molar-refractivity contribution in [2.75, 3.05) is 12.3 Å². The molecule has 110 valence electrons. The maximum Gasteiger partial charge on any atom is 0.257 e. The zero-order chi connectivity index (χ0) is 15.4. The molecule has 2 N–H and O–H groups in total. The van der Waals surface area contributed by atoms with Gasteiger partial charge in [0.15, 0.2) is 0 Å². The van der Waals surface area contributed by atoms with Crippen LogP contribution in [0.2, 0.25) is 0 Å². The van der Waals surface area contributed by atoms with Gasteiger partial charge in [-0.25, -0.2) is 4.39 Å². The number of hydrogen-bond acceptors (Lipinski definition) is 2. The lowest BCUT2D eigenvalue weighted by molar-refractivity contribution is 0.0747. The van der Waals surface area contributed by atoms with Gasteiger partial charge in [-0.15, -0.1) is 0 Å². The molecule has 0 saturated carbocycles. The Balaban J connectivity index is 2.25. The first kappa shape index (κ1) is 15.0. The van der Waals surface area contributed by atoms with Gasteiger partial charge in [-0.05, 0) is 43.2 Å². The molecule has 1 amide bonds. The van der Waals surface area contributed by atoms with Crippen LogP contribution in [0.15, 0.2) is 42.5 Å². The summed E-state index contributed by atoms with van der Waals surface area (Å²) in [7, 11) is 0. The largest absolute Gasteiger partial charge is 0.399 e. The molecule has 0 heterocycles. The summed E-state index contributed by atoms with van der Waals surface area (Å²) >= 11 is 0. The topological polar surface area (TPSA) is 46.3 Å². The van der Waals surface area contributed by atoms with Gasteiger partial charge in [0.05, 0.1) is 5.56 Å². The van der Waals surface area contributed by atoms with E-state index in [0.29, 0.717) is 18.8 Å². The Morgan fingerprint density at radius 2 is 1.95 bits per heavy atom. The quantitative estimate of drug-likeness (QED) is 0.876. The van der Waals surface area contributed by atoms with E-state index >= 15 is 0 Å². The monoisotopic (exact) mass is 286 g/mol. The maximum atomic E-state index is 13.9. The Morgan fingerprint density at radius 3 is 2.57 bits per heavy atom. The highest BCUT2D eigenvalue weighted by molar-refractivity contribution is 5.94. The third-order valence-electron chi connectivity index (χ3n) is 3.51. The molecular weight excluding hydrogens is 267 g/mol. The lowest BCUT2D eigenvalue weighted by Gasteiger charge is -2.22. The van der Waals surface area contributed by atoms with Crippen LogP contribution in [0, 0.1) is 12.7 Å². The maximum absolute atomic E-state index is 13.9. The van der Waals surface area contributed by atoms with Crippen LogP contribution in [0.5, 0.6) is 0 Å². The Morgan fingerprint density at radius 1 is 1.24 bits per heavy atom. The first-order valence-corrected chi connectivity index (χ1v) is 6.91. The minimum atomic E-state index is -0.580. The van der Waals surface area contributed by atoms with Gasteiger partial charge in [-0.2, -0.15) is 0 Å². The molecule has 0 aromatic heterocycles. The fourth-order valence-electron chi connectivity index (χ4n) is 2.20. The highest BCUT2D eigenvalue weighted by atomic mass is 19.1. The second kappa shape index (κ2) is 6.39. The number of nitrogen functional groups attached to an aromatic ring is 1. The van der Waals surface area contributed by atoms with E-state index < -0.39 is 5.82 Å². The number of anilines is 1. The van der Waals surface area contributed by atoms with Crippen LogP contribution in [0.25, 0.3) is 0 Å². The number of rotatable bonds is 4. The van der Waals surface area contributed by atoms with E-state index in [1.54, 1.807) is 4.90 Å². The fraction of sp³-hybridized carbons (Fsp3) is 0.235. The molecule has 0 saturated heterocycles. The van der Waals surface area contributed by atoms with Crippen molar-refractivity contribution in [1.82, 2.24) is 4.90 Å². The zero-order valence-electron chi connectivity index (χ0n) is 12.3. The van der Waals surface area contributed by atoms with Crippen LogP contribution in [0.3, 0.4) is 0 Å². The van der Waals surface area contributed by atoms with E-state index in [1.807, 2.05) is 38.1 Å². The molecular formula is C17H19FN2O. The molecule has 0 aliphatic carbocycles. The van der Waals surface area contributed by atoms with E-state index in [2.05, 4.69) is 0 Å². The van der Waals surface area contributed by atoms with Crippen molar-refractivity contribution in [2.45, 2.75) is 20.4 Å². The van der Waals surface area contributed by atoms with Crippen molar-refractivity contribution in [3.63, 3.8) is 0 Å². The molecule has 21 heavy (non-hydrogen) atoms. The van der Waals surface area contributed by atoms with E-state index in [1.165, 1.54) is 18.2 Å². The van der Waals surface area contributed by atoms with Gasteiger partial charge >= 0.3 is 0 Å². The second-order valence-corrected chi connectivity index (χ2v) is 4.99. The molecule has 0 unspecified atom stereocenters. The molecule has 0 bridgehead atoms. The van der Waals surface area contributed by atoms with Gasteiger partial charge in [-0.3, -0.25) is 4.79 Å². The summed E-state index contributed by atoms with van der Waals surface area (Å²) < 4.78 is 13.9. The molecule has 0 atom stereocenters. The van der Waals surface area contributed by atoms with Crippen LogP contribution < -0.4 is 5.73 Å². The predicted octanol–water partition coefficient (Wildman–Crippen LogP) is 3.38. The number of benzene rings is 2. The summed E-state index contributed by atoms with van der Waals surface area (Å²) in [5, 5.41) is 0. The normalized spacial score (nSPS) is 10.4. The molecule has 4 heteroatoms. The van der Waals surface area contributed by atoms with E-state index in [9.17, 15) is 9.18 Å². The van der Waals surface area contributed by atoms with E-state index in [0.717, 1.165) is 11.1 Å². The first-order chi connectivity index (χ1) is 10.0. The van der Waals surface area contributed by atoms with Crippen LogP contribution in [-0.2, 0) is 6.54 Å². The smallest absolute Gasteiger partial charge is 0.257 e. The molecule has 0 radical (unpaired) electrons. The van der Waals surface area contributed by atoms with Gasteiger partial charge in [-0.1, -0.05) is 24.3 Å². The van der Waals surface area contributed by atoms with Gasteiger partial charge in [0, 0.05) is 18.8 Å². The SMILES string of the molecule is CCN(Cc1ccccc1C)C(=O)c1ccc(N)cc1F. The van der Waals surface area contributed by atoms with Crippen molar-refractivity contribution in [3.05, 3.63) is 65.0 Å². The number of aryl methyl sites for hydroxylation is 1. The van der Waals surface area contributed by atoms with Crippen LogP contribution in [-0.4, -0.2) is 17.4 Å². The Kier molecular flexibility index (Phi) is 4.58. The summed E-state index contributed by atoms with van der Waals surface area (Å²) in [5.74, 6) is -0.901. The van der Waals surface area contributed by atoms with Crippen LogP contribution in [0.4, 0.5) is 10.1 Å². The summed E-state index contributed by atoms with van der Waals surface area (Å²) in [5.41, 5.74) is 8.05. The first-order valence-electron chi connectivity index (χ1n) is 6.91. The van der Waals surface area contributed by atoms with Crippen LogP contribution in [0.1, 0.15) is 28.4 Å². The Labute approximate surface area is 124 Å². The number of carbonyl (C=O) groups excluding carboxylic acids is 1. The number of hydrogen-bond donors (Lipinski definition) is 1. The molecule has 2 rings (SSSR count). The fourth-order valence-corrected chi connectivity index (χ4v) is 2.20. The number of carbonyl (C=O) groups is 1. The molecule has 0 spiro atoms. The van der Waals surface area contributed by atoms with Crippen molar-refractivity contribution in [3.8, 4) is 0 Å². The highest BCUT2D eigenvalue weighted by Crippen LogP contribution is 2.17. The Bertz CT molecular complexity index is 655. The molecule has 0 fully saturated rings. The molecule has 0 aliphatic rings. The third-order valence-corrected chi connectivity index (χ3v) is 3.51. The van der Waals surface area contributed by atoms with E-state index in [4.69, 9.17) is 5.73 Å². The summed E-state index contributed by atoms with van der Waals surface area (Å²) in [6.45, 7) is 4.85. The summed E-state index contributed by atoms with van der Waals surface area (Å²) in [4.78, 5) is 14.1. The molecule has 2 aromatic carbocycles. The minimum absolute atomic E-state index is 0.0552. The molecule has 0 aliphatic heterocycles. The summed E-state index contributed by atoms with van der Waals surface area (Å²) in [6, 6.07) is 12.0. The second-order valence-electron chi connectivity index (χ2n) is 4.99. The molecule has 3 nitrogen and oxygen atoms in total. The van der Waals surface area contributed by atoms with Crippen molar-refractivity contribution in [2.24, 2.45) is 0 Å². The molecule has 2 aromatic rings. The van der Waals surface area contributed by atoms with Gasteiger partial charge in [0.2, 0.25) is 0 Å². The minimum Gasteiger partial charge on any atom is -0.399 e. The van der Waals surface area contributed by atoms with Gasteiger partial charge in [0.25, 0.3) is 5.91 Å². The van der Waals surface area contributed by atoms with Crippen molar-refractivity contribution >= 4 is 11.6 Å². The number of halogens is 1. The zero-order valence-corrected chi connectivity index (χ0v) is 12.3. The number of nitrogens with zero attached hydrogens (tertiary/aromatic N) is 1. The van der Waals surface area contributed by atoms with Gasteiger partial charge in [0.1, 0.15) is 5.82 Å². The lowest BCUT2D eigenvalue weighted by atomic mass is 10.1. The van der Waals surface area contributed by atoms with Crippen molar-refractivity contribution < 1.29 is 9.18 Å². The average molecular weight is 286 g/mol. The summed E-state index contributed by atoms with van der Waals surface area (Å²) in [6.07, 6.45) is 0. The third kappa shape index (κ3) is 3.40.